The zero-order valence-electron chi connectivity index (χ0n) is 16.4. The van der Waals surface area contributed by atoms with Crippen molar-refractivity contribution in [3.05, 3.63) is 63.7 Å². The Balaban J connectivity index is 2.27. The number of rotatable bonds is 2. The normalized spacial score (nSPS) is 17.0. The number of ether oxygens (including phenoxy) is 1. The molecule has 2 heteroatoms. The molecule has 0 saturated heterocycles. The summed E-state index contributed by atoms with van der Waals surface area (Å²) in [6.07, 6.45) is 0. The summed E-state index contributed by atoms with van der Waals surface area (Å²) in [6, 6.07) is 10.6. The second kappa shape index (κ2) is 6.01. The largest absolute Gasteiger partial charge is 0.425 e. The van der Waals surface area contributed by atoms with Crippen LogP contribution in [0, 0.1) is 13.8 Å². The molecule has 1 aliphatic heterocycles. The van der Waals surface area contributed by atoms with Crippen LogP contribution in [0.1, 0.15) is 79.8 Å². The third-order valence-corrected chi connectivity index (χ3v) is 5.34. The van der Waals surface area contributed by atoms with E-state index in [4.69, 9.17) is 4.74 Å². The second-order valence-electron chi connectivity index (χ2n) is 8.53. The zero-order valence-corrected chi connectivity index (χ0v) is 16.4. The van der Waals surface area contributed by atoms with Crippen LogP contribution >= 0.6 is 0 Å². The summed E-state index contributed by atoms with van der Waals surface area (Å²) in [7, 11) is 0. The maximum Gasteiger partial charge on any atom is 0.323 e. The van der Waals surface area contributed by atoms with Crippen molar-refractivity contribution in [1.29, 1.82) is 0 Å². The molecule has 1 aliphatic rings. The molecule has 1 heterocycles. The first-order valence-corrected chi connectivity index (χ1v) is 9.07. The molecule has 0 aliphatic carbocycles. The predicted octanol–water partition coefficient (Wildman–Crippen LogP) is 5.78. The molecule has 2 aromatic rings. The number of carbonyl (C=O) groups excluding carboxylic acids is 1. The first-order chi connectivity index (χ1) is 11.6. The molecule has 132 valence electrons. The van der Waals surface area contributed by atoms with Crippen molar-refractivity contribution in [3.63, 3.8) is 0 Å². The molecule has 25 heavy (non-hydrogen) atoms. The van der Waals surface area contributed by atoms with Gasteiger partial charge < -0.3 is 4.74 Å². The van der Waals surface area contributed by atoms with Crippen LogP contribution in [0.15, 0.2) is 30.3 Å². The Labute approximate surface area is 151 Å². The van der Waals surface area contributed by atoms with Gasteiger partial charge in [-0.15, -0.1) is 0 Å². The molecule has 0 aromatic heterocycles. The maximum atomic E-state index is 12.8. The lowest BCUT2D eigenvalue weighted by Gasteiger charge is -2.23. The van der Waals surface area contributed by atoms with Crippen LogP contribution in [0.4, 0.5) is 0 Å². The summed E-state index contributed by atoms with van der Waals surface area (Å²) in [4.78, 5) is 12.8. The average Bonchev–Trinajstić information content (AvgIpc) is 2.84. The third kappa shape index (κ3) is 2.99. The topological polar surface area (TPSA) is 26.3 Å². The molecule has 3 rings (SSSR count). The van der Waals surface area contributed by atoms with Crippen LogP contribution < -0.4 is 4.74 Å². The number of hydrogen-bond acceptors (Lipinski definition) is 2. The molecule has 0 saturated carbocycles. The van der Waals surface area contributed by atoms with E-state index < -0.39 is 0 Å². The highest BCUT2D eigenvalue weighted by Gasteiger charge is 2.38. The summed E-state index contributed by atoms with van der Waals surface area (Å²) in [5.74, 6) is 0.603. The minimum absolute atomic E-state index is 0.0243. The molecule has 0 fully saturated rings. The fourth-order valence-corrected chi connectivity index (χ4v) is 3.54. The van der Waals surface area contributed by atoms with Gasteiger partial charge in [0.05, 0.1) is 0 Å². The first kappa shape index (κ1) is 17.7. The van der Waals surface area contributed by atoms with E-state index in [1.54, 1.807) is 0 Å². The van der Waals surface area contributed by atoms with E-state index in [2.05, 4.69) is 72.7 Å². The molecule has 0 bridgehead atoms. The van der Waals surface area contributed by atoms with Crippen molar-refractivity contribution >= 4 is 5.97 Å². The van der Waals surface area contributed by atoms with Crippen molar-refractivity contribution < 1.29 is 9.53 Å². The molecule has 0 radical (unpaired) electrons. The highest BCUT2D eigenvalue weighted by atomic mass is 16.5. The monoisotopic (exact) mass is 336 g/mol. The second-order valence-corrected chi connectivity index (χ2v) is 8.53. The van der Waals surface area contributed by atoms with Gasteiger partial charge in [0, 0.05) is 5.56 Å². The molecular formula is C23H28O2. The number of hydrogen-bond donors (Lipinski definition) is 0. The van der Waals surface area contributed by atoms with Gasteiger partial charge >= 0.3 is 5.97 Å². The smallest absolute Gasteiger partial charge is 0.323 e. The van der Waals surface area contributed by atoms with Gasteiger partial charge in [0.2, 0.25) is 0 Å². The highest BCUT2D eigenvalue weighted by molar-refractivity contribution is 5.90. The Kier molecular flexibility index (Phi) is 4.26. The maximum absolute atomic E-state index is 12.8. The van der Waals surface area contributed by atoms with Gasteiger partial charge in [0.25, 0.3) is 0 Å². The van der Waals surface area contributed by atoms with Crippen LogP contribution in [0.3, 0.4) is 0 Å². The Bertz CT molecular complexity index is 838. The van der Waals surface area contributed by atoms with Crippen molar-refractivity contribution in [3.8, 4) is 5.75 Å². The standard InChI is InChI=1S/C23H28O2/c1-13(2)18-11-16(23(5,6)7)12-19-20(22(24)25-21(18)19)17-10-8-9-14(3)15(17)4/h8-13,20H,1-7H3. The number of fused-ring (bicyclic) bond motifs is 1. The molecule has 2 nitrogen and oxygen atoms in total. The predicted molar refractivity (Wildman–Crippen MR) is 103 cm³/mol. The van der Waals surface area contributed by atoms with Crippen molar-refractivity contribution in [2.24, 2.45) is 0 Å². The Morgan fingerprint density at radius 3 is 2.32 bits per heavy atom. The molecular weight excluding hydrogens is 308 g/mol. The zero-order chi connectivity index (χ0) is 18.5. The lowest BCUT2D eigenvalue weighted by Crippen LogP contribution is -2.14. The van der Waals surface area contributed by atoms with Gasteiger partial charge in [-0.25, -0.2) is 0 Å². The van der Waals surface area contributed by atoms with Crippen LogP contribution in [0.25, 0.3) is 0 Å². The fourth-order valence-electron chi connectivity index (χ4n) is 3.54. The lowest BCUT2D eigenvalue weighted by molar-refractivity contribution is -0.133. The molecule has 2 aromatic carbocycles. The van der Waals surface area contributed by atoms with Crippen LogP contribution in [-0.4, -0.2) is 5.97 Å². The summed E-state index contributed by atoms with van der Waals surface area (Å²) in [6.45, 7) is 15.1. The van der Waals surface area contributed by atoms with Crippen molar-refractivity contribution in [2.75, 3.05) is 0 Å². The van der Waals surface area contributed by atoms with Gasteiger partial charge in [-0.3, -0.25) is 4.79 Å². The van der Waals surface area contributed by atoms with Crippen molar-refractivity contribution in [2.45, 2.75) is 65.7 Å². The van der Waals surface area contributed by atoms with E-state index in [9.17, 15) is 4.79 Å². The van der Waals surface area contributed by atoms with Gasteiger partial charge in [-0.1, -0.05) is 65.0 Å². The third-order valence-electron chi connectivity index (χ3n) is 5.34. The Morgan fingerprint density at radius 1 is 1.04 bits per heavy atom. The Morgan fingerprint density at radius 2 is 1.72 bits per heavy atom. The van der Waals surface area contributed by atoms with Crippen LogP contribution in [-0.2, 0) is 10.2 Å². The number of esters is 1. The van der Waals surface area contributed by atoms with Gasteiger partial charge in [-0.2, -0.15) is 0 Å². The fraction of sp³-hybridized carbons (Fsp3) is 0.435. The number of carbonyl (C=O) groups is 1. The lowest BCUT2D eigenvalue weighted by atomic mass is 9.80. The van der Waals surface area contributed by atoms with Gasteiger partial charge in [0.15, 0.2) is 0 Å². The summed E-state index contributed by atoms with van der Waals surface area (Å²) >= 11 is 0. The highest BCUT2D eigenvalue weighted by Crippen LogP contribution is 2.46. The first-order valence-electron chi connectivity index (χ1n) is 9.07. The van der Waals surface area contributed by atoms with Crippen LogP contribution in [0.2, 0.25) is 0 Å². The minimum Gasteiger partial charge on any atom is -0.425 e. The molecule has 1 unspecified atom stereocenters. The number of aryl methyl sites for hydroxylation is 1. The quantitative estimate of drug-likeness (QED) is 0.513. The van der Waals surface area contributed by atoms with Crippen molar-refractivity contribution in [1.82, 2.24) is 0 Å². The van der Waals surface area contributed by atoms with Crippen LogP contribution in [0.5, 0.6) is 5.75 Å². The molecule has 0 N–H and O–H groups in total. The van der Waals surface area contributed by atoms with E-state index in [1.165, 1.54) is 16.7 Å². The van der Waals surface area contributed by atoms with E-state index in [0.29, 0.717) is 5.92 Å². The molecule has 1 atom stereocenters. The minimum atomic E-state index is -0.324. The average molecular weight is 336 g/mol. The van der Waals surface area contributed by atoms with E-state index in [1.807, 2.05) is 6.07 Å². The van der Waals surface area contributed by atoms with E-state index in [-0.39, 0.29) is 17.3 Å². The van der Waals surface area contributed by atoms with Gasteiger partial charge in [0.1, 0.15) is 11.7 Å². The van der Waals surface area contributed by atoms with E-state index in [0.717, 1.165) is 22.4 Å². The number of benzene rings is 2. The summed E-state index contributed by atoms with van der Waals surface area (Å²) in [5, 5.41) is 0. The molecule has 0 spiro atoms. The SMILES string of the molecule is Cc1cccc(C2C(=O)Oc3c(C(C)C)cc(C(C)(C)C)cc32)c1C. The summed E-state index contributed by atoms with van der Waals surface area (Å²) < 4.78 is 5.79. The Hall–Kier alpha value is -2.09. The van der Waals surface area contributed by atoms with E-state index >= 15 is 0 Å². The van der Waals surface area contributed by atoms with Gasteiger partial charge in [-0.05, 0) is 53.0 Å². The molecule has 0 amide bonds. The summed E-state index contributed by atoms with van der Waals surface area (Å²) in [5.41, 5.74) is 6.86.